The van der Waals surface area contributed by atoms with Gasteiger partial charge in [0.05, 0.1) is 5.60 Å². The summed E-state index contributed by atoms with van der Waals surface area (Å²) in [7, 11) is 2.14. The SMILES string of the molecule is CN(Cc1ccccc1)CC1CCCCC1(O)c1cccnc1.Cl. The van der Waals surface area contributed by atoms with E-state index in [0.29, 0.717) is 0 Å². The van der Waals surface area contributed by atoms with Crippen molar-refractivity contribution in [1.29, 1.82) is 0 Å². The predicted octanol–water partition coefficient (Wildman–Crippen LogP) is 4.01. The zero-order valence-electron chi connectivity index (χ0n) is 14.3. The second-order valence-electron chi connectivity index (χ2n) is 6.79. The molecule has 1 saturated carbocycles. The Morgan fingerprint density at radius 2 is 1.96 bits per heavy atom. The van der Waals surface area contributed by atoms with Crippen molar-refractivity contribution in [3.8, 4) is 0 Å². The van der Waals surface area contributed by atoms with Crippen LogP contribution in [-0.4, -0.2) is 28.6 Å². The Morgan fingerprint density at radius 1 is 1.17 bits per heavy atom. The van der Waals surface area contributed by atoms with Crippen molar-refractivity contribution < 1.29 is 5.11 Å². The van der Waals surface area contributed by atoms with Gasteiger partial charge in [-0.15, -0.1) is 12.4 Å². The highest BCUT2D eigenvalue weighted by atomic mass is 35.5. The van der Waals surface area contributed by atoms with Crippen LogP contribution in [0.4, 0.5) is 0 Å². The topological polar surface area (TPSA) is 36.4 Å². The minimum atomic E-state index is -0.739. The minimum absolute atomic E-state index is 0. The smallest absolute Gasteiger partial charge is 0.0951 e. The first-order valence-electron chi connectivity index (χ1n) is 8.54. The Kier molecular flexibility index (Phi) is 6.79. The summed E-state index contributed by atoms with van der Waals surface area (Å²) >= 11 is 0. The van der Waals surface area contributed by atoms with E-state index in [9.17, 15) is 5.11 Å². The van der Waals surface area contributed by atoms with Crippen molar-refractivity contribution in [2.75, 3.05) is 13.6 Å². The van der Waals surface area contributed by atoms with Crippen molar-refractivity contribution >= 4 is 12.4 Å². The lowest BCUT2D eigenvalue weighted by Gasteiger charge is -2.42. The summed E-state index contributed by atoms with van der Waals surface area (Å²) in [6, 6.07) is 14.5. The first kappa shape index (κ1) is 18.9. The number of benzene rings is 1. The third kappa shape index (κ3) is 4.35. The van der Waals surface area contributed by atoms with Crippen molar-refractivity contribution in [3.63, 3.8) is 0 Å². The molecule has 3 rings (SSSR count). The fourth-order valence-corrected chi connectivity index (χ4v) is 3.81. The van der Waals surface area contributed by atoms with Crippen molar-refractivity contribution in [3.05, 3.63) is 66.0 Å². The molecule has 1 N–H and O–H groups in total. The summed E-state index contributed by atoms with van der Waals surface area (Å²) in [6.45, 7) is 1.82. The van der Waals surface area contributed by atoms with E-state index in [0.717, 1.165) is 37.9 Å². The normalized spacial score (nSPS) is 23.7. The van der Waals surface area contributed by atoms with E-state index in [1.54, 1.807) is 6.20 Å². The average Bonchev–Trinajstić information content (AvgIpc) is 2.59. The molecule has 3 nitrogen and oxygen atoms in total. The Morgan fingerprint density at radius 3 is 2.67 bits per heavy atom. The van der Waals surface area contributed by atoms with Crippen LogP contribution in [0.2, 0.25) is 0 Å². The summed E-state index contributed by atoms with van der Waals surface area (Å²) in [4.78, 5) is 6.54. The number of hydrogen-bond acceptors (Lipinski definition) is 3. The van der Waals surface area contributed by atoms with E-state index in [4.69, 9.17) is 0 Å². The number of aromatic nitrogens is 1. The quantitative estimate of drug-likeness (QED) is 0.888. The molecule has 0 amide bonds. The number of aliphatic hydroxyl groups is 1. The highest BCUT2D eigenvalue weighted by Gasteiger charge is 2.40. The van der Waals surface area contributed by atoms with Gasteiger partial charge in [0.1, 0.15) is 0 Å². The molecule has 0 saturated heterocycles. The Labute approximate surface area is 151 Å². The largest absolute Gasteiger partial charge is 0.385 e. The van der Waals surface area contributed by atoms with Gasteiger partial charge in [-0.1, -0.05) is 49.2 Å². The molecule has 24 heavy (non-hydrogen) atoms. The van der Waals surface area contributed by atoms with Gasteiger partial charge in [-0.05, 0) is 31.5 Å². The number of nitrogens with zero attached hydrogens (tertiary/aromatic N) is 2. The predicted molar refractivity (Wildman–Crippen MR) is 100 cm³/mol. The molecule has 0 aliphatic heterocycles. The van der Waals surface area contributed by atoms with E-state index in [1.165, 1.54) is 12.0 Å². The third-order valence-electron chi connectivity index (χ3n) is 5.02. The van der Waals surface area contributed by atoms with Gasteiger partial charge in [0, 0.05) is 37.0 Å². The van der Waals surface area contributed by atoms with Crippen LogP contribution in [0.5, 0.6) is 0 Å². The van der Waals surface area contributed by atoms with Gasteiger partial charge < -0.3 is 10.0 Å². The summed E-state index contributed by atoms with van der Waals surface area (Å²) < 4.78 is 0. The van der Waals surface area contributed by atoms with Gasteiger partial charge in [0.15, 0.2) is 0 Å². The van der Waals surface area contributed by atoms with Gasteiger partial charge in [0.25, 0.3) is 0 Å². The molecule has 0 bridgehead atoms. The summed E-state index contributed by atoms with van der Waals surface area (Å²) in [5.74, 6) is 0.258. The fourth-order valence-electron chi connectivity index (χ4n) is 3.81. The van der Waals surface area contributed by atoms with E-state index < -0.39 is 5.60 Å². The van der Waals surface area contributed by atoms with Crippen LogP contribution in [0, 0.1) is 5.92 Å². The zero-order valence-corrected chi connectivity index (χ0v) is 15.1. The van der Waals surface area contributed by atoms with Crippen LogP contribution in [-0.2, 0) is 12.1 Å². The molecule has 1 heterocycles. The average molecular weight is 347 g/mol. The molecule has 4 heteroatoms. The summed E-state index contributed by atoms with van der Waals surface area (Å²) in [6.07, 6.45) is 7.80. The van der Waals surface area contributed by atoms with Crippen LogP contribution in [0.15, 0.2) is 54.9 Å². The van der Waals surface area contributed by atoms with Crippen LogP contribution in [0.3, 0.4) is 0 Å². The maximum absolute atomic E-state index is 11.4. The molecule has 1 aromatic heterocycles. The van der Waals surface area contributed by atoms with Crippen LogP contribution >= 0.6 is 12.4 Å². The molecule has 1 aliphatic carbocycles. The standard InChI is InChI=1S/C20H26N2O.ClH/c1-22(15-17-8-3-2-4-9-17)16-19-10-5-6-12-20(19,23)18-11-7-13-21-14-18;/h2-4,7-9,11,13-14,19,23H,5-6,10,12,15-16H2,1H3;1H. The van der Waals surface area contributed by atoms with E-state index in [-0.39, 0.29) is 18.3 Å². The van der Waals surface area contributed by atoms with Gasteiger partial charge in [0.2, 0.25) is 0 Å². The van der Waals surface area contributed by atoms with Crippen molar-refractivity contribution in [2.24, 2.45) is 5.92 Å². The Bertz CT molecular complexity index is 608. The number of halogens is 1. The van der Waals surface area contributed by atoms with E-state index >= 15 is 0 Å². The molecule has 2 atom stereocenters. The molecule has 0 radical (unpaired) electrons. The molecule has 2 aromatic rings. The van der Waals surface area contributed by atoms with Crippen LogP contribution < -0.4 is 0 Å². The molecular formula is C20H27ClN2O. The Balaban J connectivity index is 0.00000208. The third-order valence-corrected chi connectivity index (χ3v) is 5.02. The Hall–Kier alpha value is -1.42. The second-order valence-corrected chi connectivity index (χ2v) is 6.79. The molecule has 1 aliphatic rings. The van der Waals surface area contributed by atoms with Gasteiger partial charge in [-0.3, -0.25) is 4.98 Å². The van der Waals surface area contributed by atoms with Gasteiger partial charge in [-0.2, -0.15) is 0 Å². The number of rotatable bonds is 5. The van der Waals surface area contributed by atoms with Crippen molar-refractivity contribution in [2.45, 2.75) is 37.8 Å². The van der Waals surface area contributed by atoms with Crippen LogP contribution in [0.25, 0.3) is 0 Å². The van der Waals surface area contributed by atoms with Crippen molar-refractivity contribution in [1.82, 2.24) is 9.88 Å². The maximum atomic E-state index is 11.4. The second kappa shape index (κ2) is 8.61. The van der Waals surface area contributed by atoms with Gasteiger partial charge in [-0.25, -0.2) is 0 Å². The highest BCUT2D eigenvalue weighted by molar-refractivity contribution is 5.85. The molecule has 1 aromatic carbocycles. The van der Waals surface area contributed by atoms with Gasteiger partial charge >= 0.3 is 0 Å². The lowest BCUT2D eigenvalue weighted by molar-refractivity contribution is -0.0645. The molecule has 0 spiro atoms. The minimum Gasteiger partial charge on any atom is -0.385 e. The zero-order chi connectivity index (χ0) is 16.1. The monoisotopic (exact) mass is 346 g/mol. The number of hydrogen-bond donors (Lipinski definition) is 1. The summed E-state index contributed by atoms with van der Waals surface area (Å²) in [5.41, 5.74) is 1.55. The first-order valence-corrected chi connectivity index (χ1v) is 8.54. The lowest BCUT2D eigenvalue weighted by Crippen LogP contribution is -2.43. The lowest BCUT2D eigenvalue weighted by atomic mass is 9.71. The van der Waals surface area contributed by atoms with E-state index in [1.807, 2.05) is 24.4 Å². The van der Waals surface area contributed by atoms with E-state index in [2.05, 4.69) is 41.2 Å². The first-order chi connectivity index (χ1) is 11.2. The van der Waals surface area contributed by atoms with Crippen LogP contribution in [0.1, 0.15) is 36.8 Å². The molecular weight excluding hydrogens is 320 g/mol. The molecule has 1 fully saturated rings. The fraction of sp³-hybridized carbons (Fsp3) is 0.450. The summed E-state index contributed by atoms with van der Waals surface area (Å²) in [5, 5.41) is 11.4. The number of pyridine rings is 1. The highest BCUT2D eigenvalue weighted by Crippen LogP contribution is 2.41. The molecule has 130 valence electrons. The maximum Gasteiger partial charge on any atom is 0.0951 e. The molecule has 2 unspecified atom stereocenters.